The average Bonchev–Trinajstić information content (AvgIpc) is 2.34. The van der Waals surface area contributed by atoms with E-state index in [1.807, 2.05) is 0 Å². The first-order chi connectivity index (χ1) is 8.45. The largest absolute Gasteiger partial charge is 0.504 e. The van der Waals surface area contributed by atoms with E-state index in [9.17, 15) is 15.0 Å². The number of hydrogen-bond donors (Lipinski definition) is 3. The second-order valence-electron chi connectivity index (χ2n) is 4.30. The number of phenolic OH excluding ortho intramolecular Hbond substituents is 3. The van der Waals surface area contributed by atoms with Crippen molar-refractivity contribution in [1.82, 2.24) is 0 Å². The van der Waals surface area contributed by atoms with Gasteiger partial charge in [0, 0.05) is 0 Å². The first-order valence-corrected chi connectivity index (χ1v) is 5.87. The second kappa shape index (κ2) is 6.14. The molecule has 18 heavy (non-hydrogen) atoms. The number of phenols is 3. The molecule has 0 aliphatic rings. The third-order valence-electron chi connectivity index (χ3n) is 2.85. The Morgan fingerprint density at radius 1 is 1.28 bits per heavy atom. The zero-order chi connectivity index (χ0) is 13.7. The number of hydrogen-bond acceptors (Lipinski definition) is 5. The van der Waals surface area contributed by atoms with Crippen LogP contribution in [0.15, 0.2) is 12.1 Å². The molecule has 0 aliphatic heterocycles. The molecule has 0 amide bonds. The smallest absolute Gasteiger partial charge is 0.338 e. The summed E-state index contributed by atoms with van der Waals surface area (Å²) in [6.07, 6.45) is 1.77. The van der Waals surface area contributed by atoms with Gasteiger partial charge in [-0.3, -0.25) is 0 Å². The molecule has 5 nitrogen and oxygen atoms in total. The number of aromatic hydroxyl groups is 3. The molecule has 0 aromatic heterocycles. The summed E-state index contributed by atoms with van der Waals surface area (Å²) in [6.45, 7) is 4.41. The van der Waals surface area contributed by atoms with Crippen LogP contribution in [0.4, 0.5) is 0 Å². The van der Waals surface area contributed by atoms with Gasteiger partial charge in [-0.1, -0.05) is 20.3 Å². The van der Waals surface area contributed by atoms with Gasteiger partial charge in [0.2, 0.25) is 0 Å². The van der Waals surface area contributed by atoms with Crippen molar-refractivity contribution >= 4 is 5.97 Å². The lowest BCUT2D eigenvalue weighted by Crippen LogP contribution is -2.08. The zero-order valence-corrected chi connectivity index (χ0v) is 10.5. The predicted molar refractivity (Wildman–Crippen MR) is 65.8 cm³/mol. The molecule has 1 aromatic rings. The maximum absolute atomic E-state index is 11.6. The summed E-state index contributed by atoms with van der Waals surface area (Å²) in [5, 5.41) is 27.7. The quantitative estimate of drug-likeness (QED) is 0.554. The molecule has 0 bridgehead atoms. The van der Waals surface area contributed by atoms with Crippen molar-refractivity contribution in [3.8, 4) is 17.2 Å². The highest BCUT2D eigenvalue weighted by molar-refractivity contribution is 5.91. The highest BCUT2D eigenvalue weighted by Crippen LogP contribution is 2.35. The molecule has 0 spiro atoms. The molecule has 0 saturated carbocycles. The van der Waals surface area contributed by atoms with Crippen molar-refractivity contribution in [3.05, 3.63) is 17.7 Å². The lowest BCUT2D eigenvalue weighted by Gasteiger charge is -2.09. The summed E-state index contributed by atoms with van der Waals surface area (Å²) < 4.78 is 5.01. The van der Waals surface area contributed by atoms with Gasteiger partial charge in [-0.2, -0.15) is 0 Å². The molecule has 1 atom stereocenters. The van der Waals surface area contributed by atoms with E-state index in [2.05, 4.69) is 13.8 Å². The SMILES string of the molecule is CCC(C)CCOC(=O)c1cc(O)c(O)c(O)c1. The van der Waals surface area contributed by atoms with E-state index >= 15 is 0 Å². The summed E-state index contributed by atoms with van der Waals surface area (Å²) in [5.41, 5.74) is 0.00644. The van der Waals surface area contributed by atoms with Gasteiger partial charge in [-0.05, 0) is 24.5 Å². The number of carbonyl (C=O) groups excluding carboxylic acids is 1. The Bertz CT molecular complexity index is 404. The second-order valence-corrected chi connectivity index (χ2v) is 4.30. The average molecular weight is 254 g/mol. The Morgan fingerprint density at radius 3 is 2.33 bits per heavy atom. The topological polar surface area (TPSA) is 87.0 Å². The summed E-state index contributed by atoms with van der Waals surface area (Å²) in [4.78, 5) is 11.6. The van der Waals surface area contributed by atoms with Crippen LogP contribution in [0.5, 0.6) is 17.2 Å². The van der Waals surface area contributed by atoms with E-state index in [0.717, 1.165) is 25.0 Å². The Hall–Kier alpha value is -1.91. The minimum atomic E-state index is -0.647. The molecule has 5 heteroatoms. The van der Waals surface area contributed by atoms with E-state index in [4.69, 9.17) is 9.84 Å². The molecule has 0 aliphatic carbocycles. The van der Waals surface area contributed by atoms with Crippen LogP contribution in [0.2, 0.25) is 0 Å². The molecular formula is C13H18O5. The number of esters is 1. The van der Waals surface area contributed by atoms with Gasteiger partial charge in [0.25, 0.3) is 0 Å². The summed E-state index contributed by atoms with van der Waals surface area (Å²) >= 11 is 0. The van der Waals surface area contributed by atoms with E-state index in [1.54, 1.807) is 0 Å². The van der Waals surface area contributed by atoms with Gasteiger partial charge in [-0.25, -0.2) is 4.79 Å². The Kier molecular flexibility index (Phi) is 4.83. The van der Waals surface area contributed by atoms with Crippen LogP contribution in [-0.4, -0.2) is 27.9 Å². The fourth-order valence-corrected chi connectivity index (χ4v) is 1.36. The predicted octanol–water partition coefficient (Wildman–Crippen LogP) is 2.40. The van der Waals surface area contributed by atoms with Crippen LogP contribution in [0.25, 0.3) is 0 Å². The van der Waals surface area contributed by atoms with Crippen LogP contribution >= 0.6 is 0 Å². The molecule has 1 rings (SSSR count). The van der Waals surface area contributed by atoms with Gasteiger partial charge in [0.15, 0.2) is 17.2 Å². The number of rotatable bonds is 5. The molecule has 100 valence electrons. The first kappa shape index (κ1) is 14.2. The first-order valence-electron chi connectivity index (χ1n) is 5.87. The van der Waals surface area contributed by atoms with E-state index in [-0.39, 0.29) is 12.2 Å². The van der Waals surface area contributed by atoms with Gasteiger partial charge >= 0.3 is 5.97 Å². The Balaban J connectivity index is 2.62. The third-order valence-corrected chi connectivity index (χ3v) is 2.85. The third kappa shape index (κ3) is 3.55. The van der Waals surface area contributed by atoms with Crippen molar-refractivity contribution in [1.29, 1.82) is 0 Å². The lowest BCUT2D eigenvalue weighted by molar-refractivity contribution is 0.0483. The Labute approximate surface area is 106 Å². The molecule has 0 fully saturated rings. The Morgan fingerprint density at radius 2 is 1.83 bits per heavy atom. The van der Waals surface area contributed by atoms with E-state index in [1.165, 1.54) is 0 Å². The minimum absolute atomic E-state index is 0.00644. The monoisotopic (exact) mass is 254 g/mol. The highest BCUT2D eigenvalue weighted by Gasteiger charge is 2.14. The van der Waals surface area contributed by atoms with E-state index in [0.29, 0.717) is 5.92 Å². The van der Waals surface area contributed by atoms with Gasteiger partial charge in [-0.15, -0.1) is 0 Å². The summed E-state index contributed by atoms with van der Waals surface area (Å²) in [5.74, 6) is -1.91. The molecule has 1 unspecified atom stereocenters. The van der Waals surface area contributed by atoms with Crippen molar-refractivity contribution in [2.45, 2.75) is 26.7 Å². The fraction of sp³-hybridized carbons (Fsp3) is 0.462. The van der Waals surface area contributed by atoms with Crippen LogP contribution in [0.1, 0.15) is 37.0 Å². The maximum atomic E-state index is 11.6. The van der Waals surface area contributed by atoms with Crippen molar-refractivity contribution in [2.24, 2.45) is 5.92 Å². The lowest BCUT2D eigenvalue weighted by atomic mass is 10.1. The molecule has 1 aromatic carbocycles. The highest BCUT2D eigenvalue weighted by atomic mass is 16.5. The van der Waals surface area contributed by atoms with Crippen LogP contribution in [-0.2, 0) is 4.74 Å². The fourth-order valence-electron chi connectivity index (χ4n) is 1.36. The summed E-state index contributed by atoms with van der Waals surface area (Å²) in [6, 6.07) is 2.11. The van der Waals surface area contributed by atoms with Crippen molar-refractivity contribution in [2.75, 3.05) is 6.61 Å². The molecule has 0 heterocycles. The van der Waals surface area contributed by atoms with Crippen LogP contribution < -0.4 is 0 Å². The normalized spacial score (nSPS) is 12.1. The minimum Gasteiger partial charge on any atom is -0.504 e. The van der Waals surface area contributed by atoms with Crippen molar-refractivity contribution in [3.63, 3.8) is 0 Å². The molecule has 3 N–H and O–H groups in total. The molecule has 0 saturated heterocycles. The van der Waals surface area contributed by atoms with Gasteiger partial charge < -0.3 is 20.1 Å². The van der Waals surface area contributed by atoms with Gasteiger partial charge in [0.1, 0.15) is 0 Å². The van der Waals surface area contributed by atoms with Crippen LogP contribution in [0.3, 0.4) is 0 Å². The number of benzene rings is 1. The standard InChI is InChI=1S/C13H18O5/c1-3-8(2)4-5-18-13(17)9-6-10(14)12(16)11(15)7-9/h6-8,14-16H,3-5H2,1-2H3. The number of carbonyl (C=O) groups is 1. The van der Waals surface area contributed by atoms with Gasteiger partial charge in [0.05, 0.1) is 12.2 Å². The molecular weight excluding hydrogens is 236 g/mol. The summed E-state index contributed by atoms with van der Waals surface area (Å²) in [7, 11) is 0. The maximum Gasteiger partial charge on any atom is 0.338 e. The van der Waals surface area contributed by atoms with Crippen molar-refractivity contribution < 1.29 is 24.9 Å². The number of ether oxygens (including phenoxy) is 1. The molecule has 0 radical (unpaired) electrons. The van der Waals surface area contributed by atoms with Crippen LogP contribution in [0, 0.1) is 5.92 Å². The zero-order valence-electron chi connectivity index (χ0n) is 10.5. The van der Waals surface area contributed by atoms with E-state index < -0.39 is 23.2 Å².